The van der Waals surface area contributed by atoms with Crippen LogP contribution < -0.4 is 10.5 Å². The Kier molecular flexibility index (Phi) is 3.35. The summed E-state index contributed by atoms with van der Waals surface area (Å²) in [4.78, 5) is 18.2. The number of rotatable bonds is 4. The van der Waals surface area contributed by atoms with Crippen molar-refractivity contribution in [1.82, 2.24) is 9.97 Å². The highest BCUT2D eigenvalue weighted by Crippen LogP contribution is 2.04. The summed E-state index contributed by atoms with van der Waals surface area (Å²) in [5.74, 6) is -0.666. The van der Waals surface area contributed by atoms with Crippen LogP contribution in [0.15, 0.2) is 12.4 Å². The van der Waals surface area contributed by atoms with Gasteiger partial charge in [-0.05, 0) is 0 Å². The number of carboxylic acid groups (broad SMARTS) is 1. The Bertz CT molecular complexity index is 312. The molecule has 0 amide bonds. The van der Waals surface area contributed by atoms with Crippen LogP contribution in [0.4, 0.5) is 0 Å². The maximum Gasteiger partial charge on any atom is 0.320 e. The summed E-state index contributed by atoms with van der Waals surface area (Å²) >= 11 is 0. The third-order valence-corrected chi connectivity index (χ3v) is 1.64. The van der Waals surface area contributed by atoms with Crippen LogP contribution in [0.1, 0.15) is 5.69 Å². The molecule has 0 radical (unpaired) electrons. The van der Waals surface area contributed by atoms with Crippen molar-refractivity contribution in [2.45, 2.75) is 12.5 Å². The molecule has 0 bridgehead atoms. The lowest BCUT2D eigenvalue weighted by molar-refractivity contribution is -0.138. The molecular weight excluding hydrogens is 186 g/mol. The third-order valence-electron chi connectivity index (χ3n) is 1.64. The number of hydrogen-bond acceptors (Lipinski definition) is 5. The van der Waals surface area contributed by atoms with E-state index in [1.54, 1.807) is 0 Å². The molecule has 6 heteroatoms. The van der Waals surface area contributed by atoms with Gasteiger partial charge in [-0.15, -0.1) is 0 Å². The van der Waals surface area contributed by atoms with E-state index in [2.05, 4.69) is 9.97 Å². The van der Waals surface area contributed by atoms with Gasteiger partial charge in [0.2, 0.25) is 5.88 Å². The average molecular weight is 197 g/mol. The molecule has 0 spiro atoms. The first-order valence-electron chi connectivity index (χ1n) is 3.96. The molecule has 1 aromatic rings. The van der Waals surface area contributed by atoms with Crippen LogP contribution in [0.2, 0.25) is 0 Å². The Balaban J connectivity index is 2.64. The largest absolute Gasteiger partial charge is 0.480 e. The standard InChI is InChI=1S/C8H11N3O3/c1-14-7-4-10-5(3-11-7)2-6(9)8(12)13/h3-4,6H,2,9H2,1H3,(H,12,13). The Labute approximate surface area is 80.7 Å². The molecule has 0 aliphatic carbocycles. The van der Waals surface area contributed by atoms with E-state index in [1.807, 2.05) is 0 Å². The number of methoxy groups -OCH3 is 1. The minimum Gasteiger partial charge on any atom is -0.480 e. The Morgan fingerprint density at radius 1 is 1.64 bits per heavy atom. The first-order valence-corrected chi connectivity index (χ1v) is 3.96. The van der Waals surface area contributed by atoms with Gasteiger partial charge in [-0.3, -0.25) is 9.78 Å². The van der Waals surface area contributed by atoms with Gasteiger partial charge < -0.3 is 15.6 Å². The normalized spacial score (nSPS) is 12.1. The van der Waals surface area contributed by atoms with Gasteiger partial charge in [0.05, 0.1) is 25.2 Å². The summed E-state index contributed by atoms with van der Waals surface area (Å²) in [5.41, 5.74) is 5.85. The Morgan fingerprint density at radius 2 is 2.36 bits per heavy atom. The summed E-state index contributed by atoms with van der Waals surface area (Å²) in [5, 5.41) is 8.55. The van der Waals surface area contributed by atoms with Crippen molar-refractivity contribution in [3.05, 3.63) is 18.1 Å². The molecule has 0 aliphatic heterocycles. The van der Waals surface area contributed by atoms with Crippen molar-refractivity contribution in [3.8, 4) is 5.88 Å². The predicted molar refractivity (Wildman–Crippen MR) is 47.9 cm³/mol. The highest BCUT2D eigenvalue weighted by atomic mass is 16.5. The molecule has 1 aromatic heterocycles. The molecule has 3 N–H and O–H groups in total. The van der Waals surface area contributed by atoms with Gasteiger partial charge in [0.15, 0.2) is 0 Å². The number of nitrogens with zero attached hydrogens (tertiary/aromatic N) is 2. The molecule has 0 saturated carbocycles. The first kappa shape index (κ1) is 10.4. The van der Waals surface area contributed by atoms with E-state index >= 15 is 0 Å². The molecular formula is C8H11N3O3. The molecule has 1 rings (SSSR count). The third kappa shape index (κ3) is 2.67. The first-order chi connectivity index (χ1) is 6.63. The van der Waals surface area contributed by atoms with Crippen LogP contribution in [-0.2, 0) is 11.2 Å². The maximum absolute atomic E-state index is 10.4. The Morgan fingerprint density at radius 3 is 2.79 bits per heavy atom. The van der Waals surface area contributed by atoms with Gasteiger partial charge in [-0.25, -0.2) is 4.98 Å². The minimum atomic E-state index is -1.05. The summed E-state index contributed by atoms with van der Waals surface area (Å²) in [6.45, 7) is 0. The number of aliphatic carboxylic acids is 1. The van der Waals surface area contributed by atoms with Crippen LogP contribution in [0.5, 0.6) is 5.88 Å². The Hall–Kier alpha value is -1.69. The van der Waals surface area contributed by atoms with Crippen molar-refractivity contribution in [3.63, 3.8) is 0 Å². The van der Waals surface area contributed by atoms with E-state index in [-0.39, 0.29) is 6.42 Å². The van der Waals surface area contributed by atoms with E-state index < -0.39 is 12.0 Å². The van der Waals surface area contributed by atoms with Gasteiger partial charge in [0.1, 0.15) is 6.04 Å². The van der Waals surface area contributed by atoms with Crippen LogP contribution in [-0.4, -0.2) is 34.2 Å². The lowest BCUT2D eigenvalue weighted by atomic mass is 10.2. The number of ether oxygens (including phenoxy) is 1. The molecule has 1 atom stereocenters. The number of hydrogen-bond donors (Lipinski definition) is 2. The van der Waals surface area contributed by atoms with E-state index in [9.17, 15) is 4.79 Å². The highest BCUT2D eigenvalue weighted by Gasteiger charge is 2.12. The fraction of sp³-hybridized carbons (Fsp3) is 0.375. The summed E-state index contributed by atoms with van der Waals surface area (Å²) in [6.07, 6.45) is 3.03. The van der Waals surface area contributed by atoms with Gasteiger partial charge in [0.25, 0.3) is 0 Å². The number of carboxylic acids is 1. The molecule has 14 heavy (non-hydrogen) atoms. The average Bonchev–Trinajstić information content (AvgIpc) is 2.19. The van der Waals surface area contributed by atoms with Crippen LogP contribution in [0.25, 0.3) is 0 Å². The van der Waals surface area contributed by atoms with Crippen molar-refractivity contribution in [2.75, 3.05) is 7.11 Å². The van der Waals surface area contributed by atoms with Crippen LogP contribution in [0.3, 0.4) is 0 Å². The molecule has 0 aromatic carbocycles. The van der Waals surface area contributed by atoms with Crippen LogP contribution >= 0.6 is 0 Å². The SMILES string of the molecule is COc1cnc(CC(N)C(=O)O)cn1. The van der Waals surface area contributed by atoms with Crippen LogP contribution in [0, 0.1) is 0 Å². The van der Waals surface area contributed by atoms with Crippen molar-refractivity contribution in [2.24, 2.45) is 5.73 Å². The van der Waals surface area contributed by atoms with E-state index in [0.29, 0.717) is 11.6 Å². The van der Waals surface area contributed by atoms with Gasteiger partial charge in [-0.2, -0.15) is 0 Å². The lowest BCUT2D eigenvalue weighted by Crippen LogP contribution is -2.32. The molecule has 0 saturated heterocycles. The van der Waals surface area contributed by atoms with Crippen molar-refractivity contribution in [1.29, 1.82) is 0 Å². The molecule has 0 fully saturated rings. The smallest absolute Gasteiger partial charge is 0.320 e. The van der Waals surface area contributed by atoms with Gasteiger partial charge >= 0.3 is 5.97 Å². The summed E-state index contributed by atoms with van der Waals surface area (Å²) < 4.78 is 4.80. The molecule has 1 unspecified atom stereocenters. The zero-order valence-corrected chi connectivity index (χ0v) is 7.67. The second-order valence-corrected chi connectivity index (χ2v) is 2.70. The number of carbonyl (C=O) groups is 1. The lowest BCUT2D eigenvalue weighted by Gasteiger charge is -2.05. The quantitative estimate of drug-likeness (QED) is 0.671. The number of aromatic nitrogens is 2. The fourth-order valence-electron chi connectivity index (χ4n) is 0.866. The van der Waals surface area contributed by atoms with E-state index in [4.69, 9.17) is 15.6 Å². The van der Waals surface area contributed by atoms with E-state index in [1.165, 1.54) is 19.5 Å². The highest BCUT2D eigenvalue weighted by molar-refractivity contribution is 5.73. The fourth-order valence-corrected chi connectivity index (χ4v) is 0.866. The molecule has 1 heterocycles. The number of nitrogens with two attached hydrogens (primary N) is 1. The van der Waals surface area contributed by atoms with E-state index in [0.717, 1.165) is 0 Å². The summed E-state index contributed by atoms with van der Waals surface area (Å²) in [7, 11) is 1.48. The van der Waals surface area contributed by atoms with Crippen molar-refractivity contribution < 1.29 is 14.6 Å². The zero-order valence-electron chi connectivity index (χ0n) is 7.67. The topological polar surface area (TPSA) is 98.3 Å². The van der Waals surface area contributed by atoms with Crippen molar-refractivity contribution >= 4 is 5.97 Å². The maximum atomic E-state index is 10.4. The van der Waals surface area contributed by atoms with Gasteiger partial charge in [-0.1, -0.05) is 0 Å². The zero-order chi connectivity index (χ0) is 10.6. The molecule has 76 valence electrons. The minimum absolute atomic E-state index is 0.159. The second kappa shape index (κ2) is 4.52. The predicted octanol–water partition coefficient (Wildman–Crippen LogP) is -0.560. The summed E-state index contributed by atoms with van der Waals surface area (Å²) in [6, 6.07) is -0.947. The second-order valence-electron chi connectivity index (χ2n) is 2.70. The monoisotopic (exact) mass is 197 g/mol. The van der Waals surface area contributed by atoms with Gasteiger partial charge in [0, 0.05) is 6.42 Å². The molecule has 6 nitrogen and oxygen atoms in total. The molecule has 0 aliphatic rings.